The van der Waals surface area contributed by atoms with Crippen LogP contribution in [-0.2, 0) is 4.74 Å². The van der Waals surface area contributed by atoms with Crippen molar-refractivity contribution in [3.8, 4) is 11.1 Å². The third kappa shape index (κ3) is 2.83. The van der Waals surface area contributed by atoms with Crippen LogP contribution in [0.25, 0.3) is 11.1 Å². The Bertz CT molecular complexity index is 819. The average Bonchev–Trinajstić information content (AvgIpc) is 3.03. The van der Waals surface area contributed by atoms with Gasteiger partial charge in [-0.2, -0.15) is 0 Å². The monoisotopic (exact) mass is 362 g/mol. The van der Waals surface area contributed by atoms with E-state index in [0.29, 0.717) is 18.4 Å². The highest BCUT2D eigenvalue weighted by molar-refractivity contribution is 5.79. The van der Waals surface area contributed by atoms with Crippen LogP contribution >= 0.6 is 0 Å². The summed E-state index contributed by atoms with van der Waals surface area (Å²) in [5.41, 5.74) is 5.06. The number of carbonyl (C=O) groups excluding carboxylic acids is 1. The number of likely N-dealkylation sites (tertiary alicyclic amines) is 1. The molecule has 3 aliphatic rings. The smallest absolute Gasteiger partial charge is 0.410 e. The zero-order chi connectivity index (χ0) is 18.4. The van der Waals surface area contributed by atoms with Crippen molar-refractivity contribution in [2.75, 3.05) is 26.2 Å². The maximum Gasteiger partial charge on any atom is 0.410 e. The predicted octanol–water partition coefficient (Wildman–Crippen LogP) is 3.87. The van der Waals surface area contributed by atoms with Gasteiger partial charge in [-0.15, -0.1) is 0 Å². The van der Waals surface area contributed by atoms with Gasteiger partial charge in [-0.05, 0) is 60.5 Å². The summed E-state index contributed by atoms with van der Waals surface area (Å²) in [6, 6.07) is 17.2. The third-order valence-electron chi connectivity index (χ3n) is 6.67. The van der Waals surface area contributed by atoms with Crippen molar-refractivity contribution in [1.82, 2.24) is 10.2 Å². The summed E-state index contributed by atoms with van der Waals surface area (Å²) in [6.45, 7) is 5.39. The number of ether oxygens (including phenoxy) is 1. The lowest BCUT2D eigenvalue weighted by atomic mass is 9.81. The molecule has 1 aliphatic carbocycles. The van der Waals surface area contributed by atoms with E-state index in [9.17, 15) is 4.79 Å². The molecule has 140 valence electrons. The molecule has 0 spiro atoms. The van der Waals surface area contributed by atoms with Gasteiger partial charge in [-0.1, -0.05) is 48.5 Å². The Morgan fingerprint density at radius 2 is 1.74 bits per heavy atom. The molecule has 3 atom stereocenters. The molecule has 0 saturated carbocycles. The summed E-state index contributed by atoms with van der Waals surface area (Å²) in [4.78, 5) is 14.9. The summed E-state index contributed by atoms with van der Waals surface area (Å²) in [5, 5.41) is 3.50. The van der Waals surface area contributed by atoms with Crippen molar-refractivity contribution in [3.63, 3.8) is 0 Å². The lowest BCUT2D eigenvalue weighted by Gasteiger charge is -2.45. The average molecular weight is 362 g/mol. The van der Waals surface area contributed by atoms with Crippen molar-refractivity contribution >= 4 is 6.09 Å². The second-order valence-corrected chi connectivity index (χ2v) is 8.22. The lowest BCUT2D eigenvalue weighted by molar-refractivity contribution is 0.0266. The van der Waals surface area contributed by atoms with Crippen molar-refractivity contribution in [2.24, 2.45) is 11.8 Å². The Balaban J connectivity index is 1.33. The van der Waals surface area contributed by atoms with Crippen LogP contribution in [0, 0.1) is 11.8 Å². The molecular formula is C23H26N2O2. The van der Waals surface area contributed by atoms with Gasteiger partial charge >= 0.3 is 6.09 Å². The van der Waals surface area contributed by atoms with Gasteiger partial charge in [-0.3, -0.25) is 0 Å². The van der Waals surface area contributed by atoms with Gasteiger partial charge in [0.1, 0.15) is 6.61 Å². The molecule has 27 heavy (non-hydrogen) atoms. The molecule has 0 aromatic heterocycles. The molecule has 2 fully saturated rings. The minimum absolute atomic E-state index is 0.127. The first kappa shape index (κ1) is 16.8. The minimum Gasteiger partial charge on any atom is -0.448 e. The van der Waals surface area contributed by atoms with E-state index in [2.05, 4.69) is 60.8 Å². The Morgan fingerprint density at radius 1 is 1.07 bits per heavy atom. The zero-order valence-electron chi connectivity index (χ0n) is 15.7. The SMILES string of the molecule is CC1C2CNCC(C2)CN1C(=O)OCC1c2ccccc2-c2ccccc21. The number of amides is 1. The van der Waals surface area contributed by atoms with Crippen LogP contribution in [0.5, 0.6) is 0 Å². The fourth-order valence-corrected chi connectivity index (χ4v) is 5.19. The molecule has 2 aromatic carbocycles. The molecule has 1 amide bonds. The number of benzene rings is 2. The van der Waals surface area contributed by atoms with E-state index in [1.54, 1.807) is 0 Å². The van der Waals surface area contributed by atoms with Crippen LogP contribution in [0.3, 0.4) is 0 Å². The highest BCUT2D eigenvalue weighted by Gasteiger charge is 2.39. The summed E-state index contributed by atoms with van der Waals surface area (Å²) in [5.74, 6) is 1.22. The predicted molar refractivity (Wildman–Crippen MR) is 106 cm³/mol. The maximum absolute atomic E-state index is 12.9. The number of nitrogens with zero attached hydrogens (tertiary/aromatic N) is 1. The molecule has 2 heterocycles. The van der Waals surface area contributed by atoms with Gasteiger partial charge in [0.05, 0.1) is 0 Å². The van der Waals surface area contributed by atoms with Crippen molar-refractivity contribution in [3.05, 3.63) is 59.7 Å². The third-order valence-corrected chi connectivity index (χ3v) is 6.67. The van der Waals surface area contributed by atoms with E-state index in [-0.39, 0.29) is 18.1 Å². The summed E-state index contributed by atoms with van der Waals surface area (Å²) < 4.78 is 5.88. The Labute approximate surface area is 160 Å². The second kappa shape index (κ2) is 6.68. The number of hydrogen-bond donors (Lipinski definition) is 1. The van der Waals surface area contributed by atoms with Crippen LogP contribution in [0.4, 0.5) is 4.79 Å². The molecule has 4 heteroatoms. The van der Waals surface area contributed by atoms with Crippen LogP contribution in [0.15, 0.2) is 48.5 Å². The standard InChI is InChI=1S/C23H26N2O2/c1-15-17-10-16(11-24-12-17)13-25(15)23(26)27-14-22-20-8-4-2-6-18(20)19-7-3-5-9-21(19)22/h2-9,15-17,22,24H,10-14H2,1H3. The van der Waals surface area contributed by atoms with E-state index in [1.807, 2.05) is 4.90 Å². The number of fused-ring (bicyclic) bond motifs is 5. The fraction of sp³-hybridized carbons (Fsp3) is 0.435. The first-order chi connectivity index (χ1) is 13.2. The highest BCUT2D eigenvalue weighted by Crippen LogP contribution is 2.44. The van der Waals surface area contributed by atoms with Crippen molar-refractivity contribution < 1.29 is 9.53 Å². The van der Waals surface area contributed by atoms with Crippen LogP contribution in [-0.4, -0.2) is 43.3 Å². The molecule has 2 bridgehead atoms. The molecule has 1 N–H and O–H groups in total. The highest BCUT2D eigenvalue weighted by atomic mass is 16.6. The quantitative estimate of drug-likeness (QED) is 0.882. The zero-order valence-corrected chi connectivity index (χ0v) is 15.7. The van der Waals surface area contributed by atoms with E-state index in [4.69, 9.17) is 4.74 Å². The topological polar surface area (TPSA) is 41.6 Å². The molecule has 5 rings (SSSR count). The largest absolute Gasteiger partial charge is 0.448 e. The lowest BCUT2D eigenvalue weighted by Crippen LogP contribution is -2.57. The first-order valence-electron chi connectivity index (χ1n) is 10.0. The second-order valence-electron chi connectivity index (χ2n) is 8.22. The summed E-state index contributed by atoms with van der Waals surface area (Å²) in [6.07, 6.45) is 1.07. The van der Waals surface area contributed by atoms with Gasteiger partial charge in [-0.25, -0.2) is 4.79 Å². The number of nitrogens with one attached hydrogen (secondary N) is 1. The summed E-state index contributed by atoms with van der Waals surface area (Å²) in [7, 11) is 0. The van der Waals surface area contributed by atoms with Gasteiger partial charge in [0.25, 0.3) is 0 Å². The molecule has 2 saturated heterocycles. The van der Waals surface area contributed by atoms with Crippen molar-refractivity contribution in [1.29, 1.82) is 0 Å². The van der Waals surface area contributed by atoms with Gasteiger partial charge < -0.3 is 15.0 Å². The van der Waals surface area contributed by atoms with Crippen LogP contribution < -0.4 is 5.32 Å². The number of carbonyl (C=O) groups is 1. The number of hydrogen-bond acceptors (Lipinski definition) is 3. The van der Waals surface area contributed by atoms with Crippen LogP contribution in [0.1, 0.15) is 30.4 Å². The molecule has 3 unspecified atom stereocenters. The Kier molecular flexibility index (Phi) is 4.16. The van der Waals surface area contributed by atoms with E-state index >= 15 is 0 Å². The van der Waals surface area contributed by atoms with E-state index in [1.165, 1.54) is 28.7 Å². The maximum atomic E-state index is 12.9. The van der Waals surface area contributed by atoms with Crippen LogP contribution in [0.2, 0.25) is 0 Å². The molecule has 0 radical (unpaired) electrons. The Morgan fingerprint density at radius 3 is 2.44 bits per heavy atom. The minimum atomic E-state index is -0.152. The van der Waals surface area contributed by atoms with Crippen molar-refractivity contribution in [2.45, 2.75) is 25.3 Å². The molecular weight excluding hydrogens is 336 g/mol. The Hall–Kier alpha value is -2.33. The van der Waals surface area contributed by atoms with Gasteiger partial charge in [0.2, 0.25) is 0 Å². The van der Waals surface area contributed by atoms with Gasteiger partial charge in [0, 0.05) is 18.5 Å². The van der Waals surface area contributed by atoms with Gasteiger partial charge in [0.15, 0.2) is 0 Å². The normalized spacial score (nSPS) is 26.4. The molecule has 2 aliphatic heterocycles. The van der Waals surface area contributed by atoms with E-state index in [0.717, 1.165) is 19.6 Å². The molecule has 2 aromatic rings. The molecule has 4 nitrogen and oxygen atoms in total. The first-order valence-corrected chi connectivity index (χ1v) is 10.0. The number of rotatable bonds is 2. The number of piperidine rings is 2. The fourth-order valence-electron chi connectivity index (χ4n) is 5.19. The summed E-state index contributed by atoms with van der Waals surface area (Å²) >= 11 is 0. The van der Waals surface area contributed by atoms with E-state index < -0.39 is 0 Å².